The molecular formula is C15H14BrF2N. The summed E-state index contributed by atoms with van der Waals surface area (Å²) in [4.78, 5) is 0. The van der Waals surface area contributed by atoms with Crippen molar-refractivity contribution >= 4 is 15.9 Å². The van der Waals surface area contributed by atoms with Crippen LogP contribution in [0.2, 0.25) is 0 Å². The SMILES string of the molecule is Cc1ccc(C(N)Cc2ccc(F)cc2F)c(Br)c1. The lowest BCUT2D eigenvalue weighted by Gasteiger charge is -2.15. The summed E-state index contributed by atoms with van der Waals surface area (Å²) in [5, 5.41) is 0. The van der Waals surface area contributed by atoms with Crippen LogP contribution in [0.25, 0.3) is 0 Å². The Kier molecular flexibility index (Phi) is 4.32. The second-order valence-corrected chi connectivity index (χ2v) is 5.43. The van der Waals surface area contributed by atoms with E-state index in [-0.39, 0.29) is 6.04 Å². The Morgan fingerprint density at radius 3 is 2.53 bits per heavy atom. The van der Waals surface area contributed by atoms with Gasteiger partial charge in [-0.25, -0.2) is 8.78 Å². The van der Waals surface area contributed by atoms with Gasteiger partial charge in [-0.2, -0.15) is 0 Å². The van der Waals surface area contributed by atoms with Crippen molar-refractivity contribution in [2.75, 3.05) is 0 Å². The van der Waals surface area contributed by atoms with Gasteiger partial charge in [0.05, 0.1) is 0 Å². The minimum atomic E-state index is -0.577. The molecule has 0 saturated carbocycles. The zero-order chi connectivity index (χ0) is 14.0. The van der Waals surface area contributed by atoms with Crippen LogP contribution in [0.15, 0.2) is 40.9 Å². The number of halogens is 3. The molecule has 2 N–H and O–H groups in total. The van der Waals surface area contributed by atoms with Crippen molar-refractivity contribution < 1.29 is 8.78 Å². The van der Waals surface area contributed by atoms with Gasteiger partial charge in [0.1, 0.15) is 11.6 Å². The Morgan fingerprint density at radius 1 is 1.16 bits per heavy atom. The Morgan fingerprint density at radius 2 is 1.89 bits per heavy atom. The molecule has 2 rings (SSSR count). The molecule has 0 radical (unpaired) electrons. The summed E-state index contributed by atoms with van der Waals surface area (Å²) >= 11 is 3.46. The van der Waals surface area contributed by atoms with Crippen LogP contribution >= 0.6 is 15.9 Å². The lowest BCUT2D eigenvalue weighted by atomic mass is 9.98. The summed E-state index contributed by atoms with van der Waals surface area (Å²) in [5.41, 5.74) is 8.54. The molecule has 2 aromatic rings. The zero-order valence-corrected chi connectivity index (χ0v) is 12.0. The van der Waals surface area contributed by atoms with E-state index in [2.05, 4.69) is 15.9 Å². The second-order valence-electron chi connectivity index (χ2n) is 4.57. The van der Waals surface area contributed by atoms with E-state index in [1.54, 1.807) is 0 Å². The van der Waals surface area contributed by atoms with Crippen molar-refractivity contribution in [3.63, 3.8) is 0 Å². The molecule has 0 aliphatic carbocycles. The Balaban J connectivity index is 2.23. The highest BCUT2D eigenvalue weighted by Gasteiger charge is 2.13. The minimum absolute atomic E-state index is 0.327. The summed E-state index contributed by atoms with van der Waals surface area (Å²) in [5.74, 6) is -1.13. The highest BCUT2D eigenvalue weighted by atomic mass is 79.9. The Hall–Kier alpha value is -1.26. The van der Waals surface area contributed by atoms with E-state index in [0.29, 0.717) is 12.0 Å². The Labute approximate surface area is 119 Å². The van der Waals surface area contributed by atoms with Gasteiger partial charge in [0, 0.05) is 16.6 Å². The van der Waals surface area contributed by atoms with Crippen LogP contribution in [0.3, 0.4) is 0 Å². The number of benzene rings is 2. The molecule has 0 spiro atoms. The fraction of sp³-hybridized carbons (Fsp3) is 0.200. The van der Waals surface area contributed by atoms with Gasteiger partial charge in [-0.15, -0.1) is 0 Å². The van der Waals surface area contributed by atoms with Crippen LogP contribution in [0.1, 0.15) is 22.7 Å². The smallest absolute Gasteiger partial charge is 0.129 e. The second kappa shape index (κ2) is 5.80. The highest BCUT2D eigenvalue weighted by molar-refractivity contribution is 9.10. The lowest BCUT2D eigenvalue weighted by molar-refractivity contribution is 0.563. The molecule has 0 aromatic heterocycles. The molecular weight excluding hydrogens is 312 g/mol. The van der Waals surface area contributed by atoms with Gasteiger partial charge >= 0.3 is 0 Å². The maximum absolute atomic E-state index is 13.6. The van der Waals surface area contributed by atoms with Gasteiger partial charge < -0.3 is 5.73 Å². The molecule has 0 amide bonds. The number of aryl methyl sites for hydroxylation is 1. The molecule has 1 unspecified atom stereocenters. The largest absolute Gasteiger partial charge is 0.324 e. The van der Waals surface area contributed by atoms with Gasteiger partial charge in [-0.05, 0) is 42.2 Å². The number of rotatable bonds is 3. The number of hydrogen-bond donors (Lipinski definition) is 1. The fourth-order valence-corrected chi connectivity index (χ4v) is 2.75. The first-order chi connectivity index (χ1) is 8.97. The molecule has 0 fully saturated rings. The molecule has 0 aliphatic heterocycles. The van der Waals surface area contributed by atoms with Crippen molar-refractivity contribution in [1.29, 1.82) is 0 Å². The maximum Gasteiger partial charge on any atom is 0.129 e. The van der Waals surface area contributed by atoms with Crippen LogP contribution in [0.4, 0.5) is 8.78 Å². The van der Waals surface area contributed by atoms with Crippen molar-refractivity contribution in [1.82, 2.24) is 0 Å². The van der Waals surface area contributed by atoms with Crippen LogP contribution in [-0.4, -0.2) is 0 Å². The first-order valence-electron chi connectivity index (χ1n) is 5.93. The molecule has 4 heteroatoms. The van der Waals surface area contributed by atoms with Gasteiger partial charge in [-0.1, -0.05) is 34.1 Å². The van der Waals surface area contributed by atoms with Crippen LogP contribution in [0.5, 0.6) is 0 Å². The van der Waals surface area contributed by atoms with Crippen molar-refractivity contribution in [3.05, 3.63) is 69.2 Å². The predicted octanol–water partition coefficient (Wildman–Crippen LogP) is 4.28. The average Bonchev–Trinajstić information content (AvgIpc) is 2.32. The van der Waals surface area contributed by atoms with E-state index in [1.807, 2.05) is 25.1 Å². The van der Waals surface area contributed by atoms with E-state index >= 15 is 0 Å². The molecule has 19 heavy (non-hydrogen) atoms. The highest BCUT2D eigenvalue weighted by Crippen LogP contribution is 2.26. The van der Waals surface area contributed by atoms with E-state index in [1.165, 1.54) is 12.1 Å². The van der Waals surface area contributed by atoms with Crippen LogP contribution in [-0.2, 0) is 6.42 Å². The molecule has 0 bridgehead atoms. The standard InChI is InChI=1S/C15H14BrF2N/c1-9-2-5-12(13(16)6-9)15(19)7-10-3-4-11(17)8-14(10)18/h2-6,8,15H,7,19H2,1H3. The first kappa shape index (κ1) is 14.2. The van der Waals surface area contributed by atoms with Gasteiger partial charge in [0.15, 0.2) is 0 Å². The predicted molar refractivity (Wildman–Crippen MR) is 75.9 cm³/mol. The summed E-state index contributed by atoms with van der Waals surface area (Å²) in [7, 11) is 0. The van der Waals surface area contributed by atoms with Crippen LogP contribution in [0, 0.1) is 18.6 Å². The van der Waals surface area contributed by atoms with Crippen molar-refractivity contribution in [2.45, 2.75) is 19.4 Å². The summed E-state index contributed by atoms with van der Waals surface area (Å²) in [6, 6.07) is 9.08. The minimum Gasteiger partial charge on any atom is -0.324 e. The summed E-state index contributed by atoms with van der Waals surface area (Å²) in [6.07, 6.45) is 0.327. The van der Waals surface area contributed by atoms with Crippen LogP contribution < -0.4 is 5.73 Å². The van der Waals surface area contributed by atoms with E-state index < -0.39 is 11.6 Å². The summed E-state index contributed by atoms with van der Waals surface area (Å²) < 4.78 is 27.3. The van der Waals surface area contributed by atoms with Crippen molar-refractivity contribution in [3.8, 4) is 0 Å². The molecule has 1 nitrogen and oxygen atoms in total. The molecule has 100 valence electrons. The zero-order valence-electron chi connectivity index (χ0n) is 10.5. The topological polar surface area (TPSA) is 26.0 Å². The molecule has 1 atom stereocenters. The third-order valence-electron chi connectivity index (χ3n) is 3.01. The third kappa shape index (κ3) is 3.39. The third-order valence-corrected chi connectivity index (χ3v) is 3.70. The lowest BCUT2D eigenvalue weighted by Crippen LogP contribution is -2.15. The quantitative estimate of drug-likeness (QED) is 0.895. The van der Waals surface area contributed by atoms with Crippen molar-refractivity contribution in [2.24, 2.45) is 5.73 Å². The average molecular weight is 326 g/mol. The van der Waals surface area contributed by atoms with E-state index in [9.17, 15) is 8.78 Å². The maximum atomic E-state index is 13.6. The molecule has 0 heterocycles. The van der Waals surface area contributed by atoms with E-state index in [4.69, 9.17) is 5.73 Å². The number of hydrogen-bond acceptors (Lipinski definition) is 1. The molecule has 2 aromatic carbocycles. The van der Waals surface area contributed by atoms with Gasteiger partial charge in [0.2, 0.25) is 0 Å². The normalized spacial score (nSPS) is 12.5. The fourth-order valence-electron chi connectivity index (χ4n) is 1.97. The summed E-state index contributed by atoms with van der Waals surface area (Å²) in [6.45, 7) is 1.99. The monoisotopic (exact) mass is 325 g/mol. The number of nitrogens with two attached hydrogens (primary N) is 1. The van der Waals surface area contributed by atoms with Gasteiger partial charge in [-0.3, -0.25) is 0 Å². The first-order valence-corrected chi connectivity index (χ1v) is 6.72. The van der Waals surface area contributed by atoms with Gasteiger partial charge in [0.25, 0.3) is 0 Å². The molecule has 0 saturated heterocycles. The molecule has 0 aliphatic rings. The Bertz CT molecular complexity index is 599. The van der Waals surface area contributed by atoms with E-state index in [0.717, 1.165) is 21.7 Å².